The Bertz CT molecular complexity index is 333. The number of piperidine rings is 1. The number of carbonyl (C=O) groups excluding carboxylic acids is 1. The minimum absolute atomic E-state index is 0.196. The van der Waals surface area contributed by atoms with Crippen molar-refractivity contribution in [1.82, 2.24) is 0 Å². The summed E-state index contributed by atoms with van der Waals surface area (Å²) in [6.45, 7) is 9.59. The maximum absolute atomic E-state index is 12.0. The van der Waals surface area contributed by atoms with Crippen molar-refractivity contribution >= 4 is 5.97 Å². The summed E-state index contributed by atoms with van der Waals surface area (Å²) >= 11 is 0. The third-order valence-electron chi connectivity index (χ3n) is 4.69. The van der Waals surface area contributed by atoms with E-state index in [-0.39, 0.29) is 11.6 Å². The number of likely N-dealkylation sites (tertiary alicyclic amines) is 1. The van der Waals surface area contributed by atoms with Gasteiger partial charge in [-0.2, -0.15) is 0 Å². The van der Waals surface area contributed by atoms with Crippen LogP contribution in [0, 0.1) is 5.92 Å². The molecule has 2 rings (SSSR count). The lowest BCUT2D eigenvalue weighted by molar-refractivity contribution is -0.914. The molecule has 0 aliphatic carbocycles. The van der Waals surface area contributed by atoms with Crippen LogP contribution in [0.15, 0.2) is 0 Å². The second-order valence-corrected chi connectivity index (χ2v) is 5.80. The first-order valence-corrected chi connectivity index (χ1v) is 6.57. The van der Waals surface area contributed by atoms with Gasteiger partial charge in [0.15, 0.2) is 5.60 Å². The van der Waals surface area contributed by atoms with Crippen LogP contribution in [-0.4, -0.2) is 43.4 Å². The van der Waals surface area contributed by atoms with Gasteiger partial charge in [0.05, 0.1) is 26.2 Å². The minimum atomic E-state index is -0.711. The van der Waals surface area contributed by atoms with E-state index in [2.05, 4.69) is 20.9 Å². The van der Waals surface area contributed by atoms with Gasteiger partial charge in [-0.3, -0.25) is 0 Å². The third kappa shape index (κ3) is 1.69. The van der Waals surface area contributed by atoms with E-state index in [1.165, 1.54) is 4.90 Å². The Morgan fingerprint density at radius 1 is 1.53 bits per heavy atom. The summed E-state index contributed by atoms with van der Waals surface area (Å²) in [5, 5.41) is 0. The van der Waals surface area contributed by atoms with Crippen LogP contribution in [0.25, 0.3) is 0 Å². The molecule has 98 valence electrons. The van der Waals surface area contributed by atoms with Crippen LogP contribution in [0.2, 0.25) is 0 Å². The molecular formula is C13H24NO3+. The molecule has 4 heteroatoms. The molecule has 2 fully saturated rings. The van der Waals surface area contributed by atoms with Crippen molar-refractivity contribution in [1.29, 1.82) is 0 Å². The zero-order chi connectivity index (χ0) is 12.8. The van der Waals surface area contributed by atoms with Gasteiger partial charge >= 0.3 is 5.97 Å². The van der Waals surface area contributed by atoms with E-state index in [0.717, 1.165) is 13.0 Å². The fourth-order valence-electron chi connectivity index (χ4n) is 3.31. The lowest BCUT2D eigenvalue weighted by Crippen LogP contribution is -3.15. The van der Waals surface area contributed by atoms with Gasteiger partial charge in [0.2, 0.25) is 0 Å². The molecule has 0 bridgehead atoms. The smallest absolute Gasteiger partial charge is 0.341 e. The molecule has 2 heterocycles. The number of epoxide rings is 1. The van der Waals surface area contributed by atoms with Gasteiger partial charge in [-0.05, 0) is 20.8 Å². The number of nitrogens with one attached hydrogen (secondary N) is 1. The average molecular weight is 242 g/mol. The van der Waals surface area contributed by atoms with Crippen LogP contribution in [-0.2, 0) is 14.3 Å². The number of quaternary nitrogens is 1. The maximum atomic E-state index is 12.0. The zero-order valence-corrected chi connectivity index (χ0v) is 11.5. The molecule has 5 atom stereocenters. The van der Waals surface area contributed by atoms with Gasteiger partial charge in [0.1, 0.15) is 5.60 Å². The van der Waals surface area contributed by atoms with E-state index >= 15 is 0 Å². The third-order valence-corrected chi connectivity index (χ3v) is 4.69. The van der Waals surface area contributed by atoms with Crippen molar-refractivity contribution in [3.05, 3.63) is 0 Å². The molecule has 0 saturated carbocycles. The highest BCUT2D eigenvalue weighted by Crippen LogP contribution is 2.56. The number of rotatable bonds is 2. The van der Waals surface area contributed by atoms with Gasteiger partial charge in [-0.15, -0.1) is 0 Å². The molecule has 4 nitrogen and oxygen atoms in total. The normalized spacial score (nSPS) is 49.1. The van der Waals surface area contributed by atoms with Crippen LogP contribution in [0.1, 0.15) is 34.1 Å². The highest BCUT2D eigenvalue weighted by Gasteiger charge is 2.76. The van der Waals surface area contributed by atoms with E-state index in [0.29, 0.717) is 18.6 Å². The fourth-order valence-corrected chi connectivity index (χ4v) is 3.31. The van der Waals surface area contributed by atoms with Gasteiger partial charge < -0.3 is 14.4 Å². The predicted molar refractivity (Wildman–Crippen MR) is 63.9 cm³/mol. The van der Waals surface area contributed by atoms with Gasteiger partial charge in [-0.1, -0.05) is 6.92 Å². The molecule has 2 saturated heterocycles. The molecular weight excluding hydrogens is 218 g/mol. The van der Waals surface area contributed by atoms with E-state index in [1.54, 1.807) is 0 Å². The topological polar surface area (TPSA) is 43.3 Å². The Morgan fingerprint density at radius 2 is 2.18 bits per heavy atom. The van der Waals surface area contributed by atoms with E-state index < -0.39 is 5.60 Å². The Kier molecular flexibility index (Phi) is 2.99. The Morgan fingerprint density at radius 3 is 2.76 bits per heavy atom. The van der Waals surface area contributed by atoms with Crippen LogP contribution in [0.3, 0.4) is 0 Å². The van der Waals surface area contributed by atoms with Crippen LogP contribution < -0.4 is 4.90 Å². The summed E-state index contributed by atoms with van der Waals surface area (Å²) < 4.78 is 11.0. The van der Waals surface area contributed by atoms with Gasteiger partial charge in [0.25, 0.3) is 0 Å². The van der Waals surface area contributed by atoms with Gasteiger partial charge in [0, 0.05) is 12.3 Å². The summed E-state index contributed by atoms with van der Waals surface area (Å²) in [7, 11) is 2.21. The van der Waals surface area contributed by atoms with Crippen molar-refractivity contribution in [2.75, 3.05) is 20.2 Å². The van der Waals surface area contributed by atoms with Crippen molar-refractivity contribution in [3.63, 3.8) is 0 Å². The molecule has 0 aromatic carbocycles. The van der Waals surface area contributed by atoms with E-state index in [4.69, 9.17) is 9.47 Å². The van der Waals surface area contributed by atoms with Crippen LogP contribution in [0.5, 0.6) is 0 Å². The molecule has 17 heavy (non-hydrogen) atoms. The first kappa shape index (κ1) is 12.8. The minimum Gasteiger partial charge on any atom is -0.464 e. The second-order valence-electron chi connectivity index (χ2n) is 5.80. The zero-order valence-electron chi connectivity index (χ0n) is 11.5. The number of esters is 1. The average Bonchev–Trinajstić information content (AvgIpc) is 2.85. The van der Waals surface area contributed by atoms with E-state index in [9.17, 15) is 4.79 Å². The van der Waals surface area contributed by atoms with Crippen molar-refractivity contribution in [2.24, 2.45) is 5.92 Å². The molecule has 1 unspecified atom stereocenters. The van der Waals surface area contributed by atoms with Crippen LogP contribution in [0.4, 0.5) is 0 Å². The lowest BCUT2D eigenvalue weighted by atomic mass is 9.76. The molecule has 0 amide bonds. The van der Waals surface area contributed by atoms with Crippen molar-refractivity contribution in [2.45, 2.75) is 51.4 Å². The lowest BCUT2D eigenvalue weighted by Gasteiger charge is -2.36. The second kappa shape index (κ2) is 3.95. The molecule has 0 radical (unpaired) electrons. The largest absolute Gasteiger partial charge is 0.464 e. The standard InChI is InChI=1S/C13H23NO3/c1-6-16-11(15)12(4)13(17-12)7-10(3)14(5)8-9(13)2/h9-10H,6-8H2,1-5H3/p+1/t9-,10-,12+,13+/m0/s1. The molecule has 1 N–H and O–H groups in total. The molecule has 2 aliphatic rings. The maximum Gasteiger partial charge on any atom is 0.341 e. The SMILES string of the molecule is CCOC(=O)[C@@]1(C)O[C@@]12C[C@H](C)[NH+](C)C[C@@H]2C. The number of ether oxygens (including phenoxy) is 2. The Labute approximate surface area is 103 Å². The summed E-state index contributed by atoms with van der Waals surface area (Å²) in [6.07, 6.45) is 0.940. The first-order chi connectivity index (χ1) is 7.87. The predicted octanol–water partition coefficient (Wildman–Crippen LogP) is 0.0202. The highest BCUT2D eigenvalue weighted by atomic mass is 16.7. The van der Waals surface area contributed by atoms with Crippen molar-refractivity contribution < 1.29 is 19.2 Å². The summed E-state index contributed by atoms with van der Waals surface area (Å²) in [5.41, 5.74) is -0.991. The summed E-state index contributed by atoms with van der Waals surface area (Å²) in [6, 6.07) is 0.530. The number of hydrogen-bond acceptors (Lipinski definition) is 3. The van der Waals surface area contributed by atoms with Crippen LogP contribution >= 0.6 is 0 Å². The molecule has 2 aliphatic heterocycles. The number of carbonyl (C=O) groups is 1. The van der Waals surface area contributed by atoms with Gasteiger partial charge in [-0.25, -0.2) is 4.79 Å². The summed E-state index contributed by atoms with van der Waals surface area (Å²) in [5.74, 6) is 0.201. The number of hydrogen-bond donors (Lipinski definition) is 1. The first-order valence-electron chi connectivity index (χ1n) is 6.57. The van der Waals surface area contributed by atoms with E-state index in [1.807, 2.05) is 13.8 Å². The Balaban J connectivity index is 2.15. The quantitative estimate of drug-likeness (QED) is 0.548. The molecule has 0 aromatic rings. The monoisotopic (exact) mass is 242 g/mol. The highest BCUT2D eigenvalue weighted by molar-refractivity contribution is 5.84. The summed E-state index contributed by atoms with van der Waals surface area (Å²) in [4.78, 5) is 13.5. The van der Waals surface area contributed by atoms with Crippen molar-refractivity contribution in [3.8, 4) is 0 Å². The fraction of sp³-hybridized carbons (Fsp3) is 0.923. The molecule has 1 spiro atoms. The Hall–Kier alpha value is -0.610. The molecule has 0 aromatic heterocycles.